The zero-order valence-corrected chi connectivity index (χ0v) is 12.2. The first kappa shape index (κ1) is 15.4. The van der Waals surface area contributed by atoms with Crippen LogP contribution in [-0.4, -0.2) is 35.5 Å². The molecule has 1 amide bonds. The quantitative estimate of drug-likeness (QED) is 0.807. The first-order valence-corrected chi connectivity index (χ1v) is 6.53. The van der Waals surface area contributed by atoms with Crippen molar-refractivity contribution in [1.29, 1.82) is 0 Å². The Morgan fingerprint density at radius 1 is 1.32 bits per heavy atom. The van der Waals surface area contributed by atoms with Gasteiger partial charge in [0.25, 0.3) is 11.5 Å². The highest BCUT2D eigenvalue weighted by Gasteiger charge is 2.15. The van der Waals surface area contributed by atoms with Gasteiger partial charge in [0.2, 0.25) is 0 Å². The average molecular weight is 301 g/mol. The number of H-pyrrole nitrogens is 1. The second-order valence-corrected chi connectivity index (χ2v) is 4.54. The lowest BCUT2D eigenvalue weighted by Crippen LogP contribution is -2.34. The highest BCUT2D eigenvalue weighted by atomic mass is 16.5. The van der Waals surface area contributed by atoms with E-state index in [4.69, 9.17) is 0 Å². The van der Waals surface area contributed by atoms with Crippen LogP contribution in [-0.2, 0) is 9.53 Å². The molecular formula is C15H15N3O4. The SMILES string of the molecule is COC(=O)CNC(=O)c1nc(-c2ccccc2C)c[nH]c1=O. The largest absolute Gasteiger partial charge is 0.468 e. The van der Waals surface area contributed by atoms with Crippen LogP contribution in [0.4, 0.5) is 0 Å². The van der Waals surface area contributed by atoms with Crippen molar-refractivity contribution in [3.63, 3.8) is 0 Å². The number of ether oxygens (including phenoxy) is 1. The summed E-state index contributed by atoms with van der Waals surface area (Å²) in [6.07, 6.45) is 1.45. The predicted molar refractivity (Wildman–Crippen MR) is 79.4 cm³/mol. The lowest BCUT2D eigenvalue weighted by molar-refractivity contribution is -0.139. The molecule has 1 heterocycles. The molecule has 0 fully saturated rings. The van der Waals surface area contributed by atoms with E-state index in [9.17, 15) is 14.4 Å². The van der Waals surface area contributed by atoms with Gasteiger partial charge in [-0.2, -0.15) is 0 Å². The van der Waals surface area contributed by atoms with Crippen LogP contribution in [0.3, 0.4) is 0 Å². The van der Waals surface area contributed by atoms with Crippen LogP contribution in [0.15, 0.2) is 35.3 Å². The third-order valence-corrected chi connectivity index (χ3v) is 3.04. The summed E-state index contributed by atoms with van der Waals surface area (Å²) in [6.45, 7) is 1.57. The van der Waals surface area contributed by atoms with Crippen LogP contribution < -0.4 is 10.9 Å². The summed E-state index contributed by atoms with van der Waals surface area (Å²) in [6, 6.07) is 7.46. The van der Waals surface area contributed by atoms with Gasteiger partial charge in [-0.25, -0.2) is 4.98 Å². The Bertz CT molecular complexity index is 767. The molecule has 0 aliphatic heterocycles. The van der Waals surface area contributed by atoms with Crippen molar-refractivity contribution in [2.45, 2.75) is 6.92 Å². The molecule has 0 unspecified atom stereocenters. The van der Waals surface area contributed by atoms with Crippen LogP contribution >= 0.6 is 0 Å². The number of carbonyl (C=O) groups is 2. The normalized spacial score (nSPS) is 10.1. The highest BCUT2D eigenvalue weighted by molar-refractivity contribution is 5.94. The predicted octanol–water partition coefficient (Wildman–Crippen LogP) is 0.648. The van der Waals surface area contributed by atoms with Crippen LogP contribution in [0.5, 0.6) is 0 Å². The van der Waals surface area contributed by atoms with Gasteiger partial charge in [0.05, 0.1) is 12.8 Å². The average Bonchev–Trinajstić information content (AvgIpc) is 2.53. The Labute approximate surface area is 126 Å². The summed E-state index contributed by atoms with van der Waals surface area (Å²) in [5, 5.41) is 2.29. The van der Waals surface area contributed by atoms with Gasteiger partial charge in [0.1, 0.15) is 6.54 Å². The van der Waals surface area contributed by atoms with E-state index in [1.807, 2.05) is 31.2 Å². The molecule has 2 aromatic rings. The zero-order valence-electron chi connectivity index (χ0n) is 12.2. The summed E-state index contributed by atoms with van der Waals surface area (Å²) in [7, 11) is 1.21. The van der Waals surface area contributed by atoms with E-state index in [2.05, 4.69) is 20.0 Å². The Morgan fingerprint density at radius 2 is 2.05 bits per heavy atom. The molecular weight excluding hydrogens is 286 g/mol. The number of aryl methyl sites for hydroxylation is 1. The minimum atomic E-state index is -0.734. The zero-order chi connectivity index (χ0) is 16.1. The van der Waals surface area contributed by atoms with Crippen molar-refractivity contribution >= 4 is 11.9 Å². The maximum absolute atomic E-state index is 12.0. The second-order valence-electron chi connectivity index (χ2n) is 4.54. The third-order valence-electron chi connectivity index (χ3n) is 3.04. The molecule has 0 saturated heterocycles. The number of hydrogen-bond donors (Lipinski definition) is 2. The molecule has 0 aliphatic carbocycles. The molecule has 0 atom stereocenters. The topological polar surface area (TPSA) is 101 Å². The molecule has 7 heteroatoms. The minimum absolute atomic E-state index is 0.301. The van der Waals surface area contributed by atoms with Crippen LogP contribution in [0.25, 0.3) is 11.3 Å². The fourth-order valence-corrected chi connectivity index (χ4v) is 1.87. The Kier molecular flexibility index (Phi) is 4.67. The van der Waals surface area contributed by atoms with Gasteiger partial charge in [-0.15, -0.1) is 0 Å². The minimum Gasteiger partial charge on any atom is -0.468 e. The van der Waals surface area contributed by atoms with E-state index in [1.165, 1.54) is 13.3 Å². The molecule has 2 rings (SSSR count). The molecule has 7 nitrogen and oxygen atoms in total. The fourth-order valence-electron chi connectivity index (χ4n) is 1.87. The Hall–Kier alpha value is -2.96. The molecule has 0 radical (unpaired) electrons. The van der Waals surface area contributed by atoms with E-state index in [-0.39, 0.29) is 12.2 Å². The van der Waals surface area contributed by atoms with E-state index in [0.29, 0.717) is 5.69 Å². The molecule has 22 heavy (non-hydrogen) atoms. The number of aromatic nitrogens is 2. The molecule has 0 saturated carbocycles. The Balaban J connectivity index is 2.32. The first-order valence-electron chi connectivity index (χ1n) is 6.53. The van der Waals surface area contributed by atoms with Crippen molar-refractivity contribution in [2.75, 3.05) is 13.7 Å². The fraction of sp³-hybridized carbons (Fsp3) is 0.200. The van der Waals surface area contributed by atoms with E-state index >= 15 is 0 Å². The molecule has 114 valence electrons. The Morgan fingerprint density at radius 3 is 2.73 bits per heavy atom. The number of rotatable bonds is 4. The number of benzene rings is 1. The van der Waals surface area contributed by atoms with Gasteiger partial charge in [-0.1, -0.05) is 24.3 Å². The van der Waals surface area contributed by atoms with Crippen LogP contribution in [0.1, 0.15) is 16.1 Å². The summed E-state index contributed by atoms with van der Waals surface area (Å²) in [5.74, 6) is -1.35. The number of methoxy groups -OCH3 is 1. The van der Waals surface area contributed by atoms with Crippen molar-refractivity contribution in [3.05, 3.63) is 52.1 Å². The van der Waals surface area contributed by atoms with Gasteiger partial charge in [-0.05, 0) is 12.5 Å². The smallest absolute Gasteiger partial charge is 0.325 e. The number of hydrogen-bond acceptors (Lipinski definition) is 5. The highest BCUT2D eigenvalue weighted by Crippen LogP contribution is 2.19. The first-order chi connectivity index (χ1) is 10.5. The van der Waals surface area contributed by atoms with Crippen molar-refractivity contribution in [3.8, 4) is 11.3 Å². The molecule has 2 N–H and O–H groups in total. The van der Waals surface area contributed by atoms with E-state index in [1.54, 1.807) is 0 Å². The summed E-state index contributed by atoms with van der Waals surface area (Å²) >= 11 is 0. The van der Waals surface area contributed by atoms with Crippen LogP contribution in [0, 0.1) is 6.92 Å². The number of amides is 1. The van der Waals surface area contributed by atoms with Crippen molar-refractivity contribution in [2.24, 2.45) is 0 Å². The van der Waals surface area contributed by atoms with E-state index < -0.39 is 17.4 Å². The van der Waals surface area contributed by atoms with Crippen LogP contribution in [0.2, 0.25) is 0 Å². The number of esters is 1. The molecule has 1 aromatic heterocycles. The molecule has 0 spiro atoms. The molecule has 0 aliphatic rings. The third kappa shape index (κ3) is 3.38. The van der Waals surface area contributed by atoms with Gasteiger partial charge in [0, 0.05) is 11.8 Å². The van der Waals surface area contributed by atoms with Gasteiger partial charge in [0.15, 0.2) is 5.69 Å². The lowest BCUT2D eigenvalue weighted by Gasteiger charge is -2.07. The number of nitrogens with zero attached hydrogens (tertiary/aromatic N) is 1. The maximum Gasteiger partial charge on any atom is 0.325 e. The molecule has 0 bridgehead atoms. The standard InChI is InChI=1S/C15H15N3O4/c1-9-5-3-4-6-10(9)11-7-16-14(20)13(18-11)15(21)17-8-12(19)22-2/h3-7H,8H2,1-2H3,(H,16,20)(H,17,21). The number of nitrogens with one attached hydrogen (secondary N) is 2. The maximum atomic E-state index is 12.0. The summed E-state index contributed by atoms with van der Waals surface area (Å²) in [5.41, 5.74) is 1.31. The monoisotopic (exact) mass is 301 g/mol. The van der Waals surface area contributed by atoms with Crippen molar-refractivity contribution < 1.29 is 14.3 Å². The number of carbonyl (C=O) groups excluding carboxylic acids is 2. The summed E-state index contributed by atoms with van der Waals surface area (Å²) < 4.78 is 4.42. The van der Waals surface area contributed by atoms with E-state index in [0.717, 1.165) is 11.1 Å². The lowest BCUT2D eigenvalue weighted by atomic mass is 10.1. The van der Waals surface area contributed by atoms with Gasteiger partial charge >= 0.3 is 5.97 Å². The van der Waals surface area contributed by atoms with Crippen molar-refractivity contribution in [1.82, 2.24) is 15.3 Å². The second kappa shape index (κ2) is 6.66. The number of aromatic amines is 1. The summed E-state index contributed by atoms with van der Waals surface area (Å²) in [4.78, 5) is 41.3. The molecule has 1 aromatic carbocycles. The van der Waals surface area contributed by atoms with Gasteiger partial charge < -0.3 is 15.0 Å². The van der Waals surface area contributed by atoms with Gasteiger partial charge in [-0.3, -0.25) is 14.4 Å².